The highest BCUT2D eigenvalue weighted by atomic mass is 35.5. The van der Waals surface area contributed by atoms with Gasteiger partial charge in [-0.25, -0.2) is 0 Å². The molecule has 1 aromatic carbocycles. The molecule has 1 aliphatic heterocycles. The minimum Gasteiger partial charge on any atom is -0.481 e. The SMILES string of the molecule is CC(NC(=O)CCCC(=O)O)[C@@H](C)C(=O)N1CC[C@](O)(c2ccc(Cl)cc2)C(C)(C)C1. The minimum atomic E-state index is -1.08. The Morgan fingerprint density at radius 1 is 1.16 bits per heavy atom. The summed E-state index contributed by atoms with van der Waals surface area (Å²) < 4.78 is 0. The fourth-order valence-electron chi connectivity index (χ4n) is 4.12. The van der Waals surface area contributed by atoms with E-state index in [2.05, 4.69) is 5.32 Å². The van der Waals surface area contributed by atoms with Crippen molar-refractivity contribution in [1.82, 2.24) is 10.2 Å². The van der Waals surface area contributed by atoms with Crippen molar-refractivity contribution in [3.05, 3.63) is 34.9 Å². The van der Waals surface area contributed by atoms with Crippen LogP contribution in [0.2, 0.25) is 5.02 Å². The van der Waals surface area contributed by atoms with Crippen LogP contribution in [-0.2, 0) is 20.0 Å². The van der Waals surface area contributed by atoms with Crippen LogP contribution < -0.4 is 5.32 Å². The van der Waals surface area contributed by atoms with Gasteiger partial charge in [-0.2, -0.15) is 0 Å². The number of hydrogen-bond acceptors (Lipinski definition) is 4. The van der Waals surface area contributed by atoms with Crippen molar-refractivity contribution >= 4 is 29.4 Å². The second kappa shape index (κ2) is 10.0. The average molecular weight is 453 g/mol. The van der Waals surface area contributed by atoms with E-state index in [1.165, 1.54) is 0 Å². The van der Waals surface area contributed by atoms with Crippen LogP contribution in [0.4, 0.5) is 0 Å². The second-order valence-electron chi connectivity index (χ2n) is 9.15. The number of nitrogens with zero attached hydrogens (tertiary/aromatic N) is 1. The monoisotopic (exact) mass is 452 g/mol. The van der Waals surface area contributed by atoms with Gasteiger partial charge in [-0.05, 0) is 37.5 Å². The predicted octanol–water partition coefficient (Wildman–Crippen LogP) is 3.18. The van der Waals surface area contributed by atoms with Gasteiger partial charge in [0.2, 0.25) is 11.8 Å². The van der Waals surface area contributed by atoms with Crippen LogP contribution in [0.25, 0.3) is 0 Å². The molecule has 1 aliphatic rings. The van der Waals surface area contributed by atoms with Crippen molar-refractivity contribution < 1.29 is 24.6 Å². The molecular formula is C23H33ClN2O5. The quantitative estimate of drug-likeness (QED) is 0.561. The van der Waals surface area contributed by atoms with Crippen molar-refractivity contribution in [2.24, 2.45) is 11.3 Å². The molecule has 3 N–H and O–H groups in total. The summed E-state index contributed by atoms with van der Waals surface area (Å²) in [4.78, 5) is 37.5. The number of aliphatic hydroxyl groups is 1. The summed E-state index contributed by atoms with van der Waals surface area (Å²) in [5.74, 6) is -1.72. The fraction of sp³-hybridized carbons (Fsp3) is 0.609. The molecule has 1 saturated heterocycles. The Kier molecular flexibility index (Phi) is 8.11. The Balaban J connectivity index is 1.99. The van der Waals surface area contributed by atoms with Crippen LogP contribution in [0.5, 0.6) is 0 Å². The predicted molar refractivity (Wildman–Crippen MR) is 119 cm³/mol. The zero-order valence-corrected chi connectivity index (χ0v) is 19.4. The maximum atomic E-state index is 13.1. The molecule has 1 heterocycles. The number of hydrogen-bond donors (Lipinski definition) is 3. The number of nitrogens with one attached hydrogen (secondary N) is 1. The van der Waals surface area contributed by atoms with Crippen molar-refractivity contribution in [3.8, 4) is 0 Å². The summed E-state index contributed by atoms with van der Waals surface area (Å²) in [7, 11) is 0. The number of amides is 2. The number of carboxylic acid groups (broad SMARTS) is 1. The Bertz CT molecular complexity index is 811. The van der Waals surface area contributed by atoms with Crippen LogP contribution >= 0.6 is 11.6 Å². The molecule has 2 amide bonds. The van der Waals surface area contributed by atoms with E-state index in [-0.39, 0.29) is 37.1 Å². The van der Waals surface area contributed by atoms with Crippen LogP contribution in [0.3, 0.4) is 0 Å². The number of aliphatic carboxylic acids is 1. The molecule has 31 heavy (non-hydrogen) atoms. The van der Waals surface area contributed by atoms with E-state index >= 15 is 0 Å². The standard InChI is InChI=1S/C23H33ClN2O5/c1-15(16(2)25-19(27)6-5-7-20(28)29)21(30)26-13-12-23(31,22(3,4)14-26)17-8-10-18(24)11-9-17/h8-11,15-16,31H,5-7,12-14H2,1-4H3,(H,25,27)(H,28,29)/t15-,16?,23+/m1/s1. The number of carbonyl (C=O) groups excluding carboxylic acids is 2. The van der Waals surface area contributed by atoms with E-state index in [1.807, 2.05) is 26.0 Å². The van der Waals surface area contributed by atoms with Gasteiger partial charge in [0.25, 0.3) is 0 Å². The maximum absolute atomic E-state index is 13.1. The highest BCUT2D eigenvalue weighted by molar-refractivity contribution is 6.30. The lowest BCUT2D eigenvalue weighted by Crippen LogP contribution is -2.58. The van der Waals surface area contributed by atoms with Gasteiger partial charge in [0.15, 0.2) is 0 Å². The molecule has 0 bridgehead atoms. The van der Waals surface area contributed by atoms with E-state index in [9.17, 15) is 19.5 Å². The Hall–Kier alpha value is -2.12. The number of rotatable bonds is 8. The lowest BCUT2D eigenvalue weighted by atomic mass is 9.66. The molecule has 7 nitrogen and oxygen atoms in total. The third-order valence-electron chi connectivity index (χ3n) is 6.41. The molecule has 0 spiro atoms. The van der Waals surface area contributed by atoms with Gasteiger partial charge in [0, 0.05) is 42.4 Å². The number of carboxylic acids is 1. The van der Waals surface area contributed by atoms with Crippen LogP contribution in [0.1, 0.15) is 58.9 Å². The summed E-state index contributed by atoms with van der Waals surface area (Å²) in [5.41, 5.74) is -0.886. The summed E-state index contributed by atoms with van der Waals surface area (Å²) in [6.07, 6.45) is 0.716. The van der Waals surface area contributed by atoms with Crippen LogP contribution in [0.15, 0.2) is 24.3 Å². The number of benzene rings is 1. The van der Waals surface area contributed by atoms with Gasteiger partial charge in [0.05, 0.1) is 11.5 Å². The summed E-state index contributed by atoms with van der Waals surface area (Å²) >= 11 is 5.98. The van der Waals surface area contributed by atoms with Crippen molar-refractivity contribution in [1.29, 1.82) is 0 Å². The van der Waals surface area contributed by atoms with Crippen LogP contribution in [0, 0.1) is 11.3 Å². The number of halogens is 1. The van der Waals surface area contributed by atoms with Crippen molar-refractivity contribution in [2.75, 3.05) is 13.1 Å². The van der Waals surface area contributed by atoms with Gasteiger partial charge in [-0.15, -0.1) is 0 Å². The van der Waals surface area contributed by atoms with Crippen LogP contribution in [-0.4, -0.2) is 52.0 Å². The summed E-state index contributed by atoms with van der Waals surface area (Å²) in [6.45, 7) is 8.23. The molecule has 0 aliphatic carbocycles. The minimum absolute atomic E-state index is 0.0598. The second-order valence-corrected chi connectivity index (χ2v) is 9.59. The van der Waals surface area contributed by atoms with Gasteiger partial charge in [-0.1, -0.05) is 44.5 Å². The molecule has 172 valence electrons. The average Bonchev–Trinajstić information content (AvgIpc) is 2.69. The third-order valence-corrected chi connectivity index (χ3v) is 6.66. The zero-order valence-electron chi connectivity index (χ0n) is 18.7. The number of carbonyl (C=O) groups is 3. The molecular weight excluding hydrogens is 420 g/mol. The molecule has 1 unspecified atom stereocenters. The fourth-order valence-corrected chi connectivity index (χ4v) is 4.25. The highest BCUT2D eigenvalue weighted by Gasteiger charge is 2.50. The molecule has 2 rings (SSSR count). The van der Waals surface area contributed by atoms with E-state index < -0.39 is 22.9 Å². The topological polar surface area (TPSA) is 107 Å². The summed E-state index contributed by atoms with van der Waals surface area (Å²) in [5, 5.41) is 23.5. The first-order valence-electron chi connectivity index (χ1n) is 10.7. The Morgan fingerprint density at radius 3 is 2.32 bits per heavy atom. The van der Waals surface area contributed by atoms with Gasteiger partial charge in [-0.3, -0.25) is 14.4 Å². The van der Waals surface area contributed by atoms with E-state index in [0.29, 0.717) is 24.5 Å². The molecule has 1 aromatic rings. The summed E-state index contributed by atoms with van der Waals surface area (Å²) in [6, 6.07) is 6.78. The van der Waals surface area contributed by atoms with Crippen molar-refractivity contribution in [2.45, 2.75) is 65.0 Å². The van der Waals surface area contributed by atoms with Gasteiger partial charge in [0.1, 0.15) is 0 Å². The van der Waals surface area contributed by atoms with E-state index in [0.717, 1.165) is 5.56 Å². The molecule has 8 heteroatoms. The Labute approximate surface area is 188 Å². The molecule has 0 saturated carbocycles. The molecule has 0 aromatic heterocycles. The van der Waals surface area contributed by atoms with Gasteiger partial charge < -0.3 is 20.4 Å². The van der Waals surface area contributed by atoms with E-state index in [4.69, 9.17) is 16.7 Å². The number of likely N-dealkylation sites (tertiary alicyclic amines) is 1. The molecule has 1 fully saturated rings. The van der Waals surface area contributed by atoms with E-state index in [1.54, 1.807) is 30.9 Å². The lowest BCUT2D eigenvalue weighted by molar-refractivity contribution is -0.156. The first-order chi connectivity index (χ1) is 14.4. The Morgan fingerprint density at radius 2 is 1.77 bits per heavy atom. The molecule has 3 atom stereocenters. The van der Waals surface area contributed by atoms with Crippen molar-refractivity contribution in [3.63, 3.8) is 0 Å². The first kappa shape index (κ1) is 25.1. The number of piperidine rings is 1. The van der Waals surface area contributed by atoms with Gasteiger partial charge >= 0.3 is 5.97 Å². The maximum Gasteiger partial charge on any atom is 0.303 e. The largest absolute Gasteiger partial charge is 0.481 e. The lowest BCUT2D eigenvalue weighted by Gasteiger charge is -2.51. The normalized spacial score (nSPS) is 22.5. The smallest absolute Gasteiger partial charge is 0.303 e. The first-order valence-corrected chi connectivity index (χ1v) is 11.0. The zero-order chi connectivity index (χ0) is 23.4. The molecule has 0 radical (unpaired) electrons. The third kappa shape index (κ3) is 5.98. The highest BCUT2D eigenvalue weighted by Crippen LogP contribution is 2.46.